The van der Waals surface area contributed by atoms with Crippen molar-refractivity contribution in [1.82, 2.24) is 14.9 Å². The van der Waals surface area contributed by atoms with Crippen LogP contribution < -0.4 is 16.6 Å². The topological polar surface area (TPSA) is 180 Å². The zero-order valence-electron chi connectivity index (χ0n) is 13.0. The van der Waals surface area contributed by atoms with E-state index in [4.69, 9.17) is 14.5 Å². The van der Waals surface area contributed by atoms with Gasteiger partial charge in [-0.3, -0.25) is 23.7 Å². The highest BCUT2D eigenvalue weighted by Crippen LogP contribution is 2.38. The van der Waals surface area contributed by atoms with E-state index in [1.165, 1.54) is 5.32 Å². The second-order valence-corrected chi connectivity index (χ2v) is 6.60. The van der Waals surface area contributed by atoms with E-state index < -0.39 is 62.2 Å². The van der Waals surface area contributed by atoms with Crippen LogP contribution in [0.4, 0.5) is 13.2 Å². The molecular weight excluding hydrogens is 406 g/mol. The third kappa shape index (κ3) is 5.24. The molecule has 2 rings (SSSR count). The van der Waals surface area contributed by atoms with Crippen molar-refractivity contribution in [3.05, 3.63) is 33.1 Å². The summed E-state index contributed by atoms with van der Waals surface area (Å²) in [5.41, 5.74) is -1.95. The summed E-state index contributed by atoms with van der Waals surface area (Å²) >= 11 is 0. The molecule has 0 unspecified atom stereocenters. The molecule has 1 aliphatic heterocycles. The first-order valence-electron chi connectivity index (χ1n) is 7.02. The van der Waals surface area contributed by atoms with Crippen LogP contribution in [0.2, 0.25) is 0 Å². The number of aliphatic hydroxyl groups is 1. The average molecular weight is 419 g/mol. The fraction of sp³-hybridized carbons (Fsp3) is 0.545. The summed E-state index contributed by atoms with van der Waals surface area (Å²) in [6.07, 6.45) is -9.76. The van der Waals surface area contributed by atoms with Gasteiger partial charge in [0.25, 0.3) is 5.56 Å². The summed E-state index contributed by atoms with van der Waals surface area (Å²) in [4.78, 5) is 53.3. The van der Waals surface area contributed by atoms with E-state index in [0.717, 1.165) is 12.3 Å². The Morgan fingerprint density at radius 3 is 2.56 bits per heavy atom. The van der Waals surface area contributed by atoms with Gasteiger partial charge in [-0.05, 0) is 0 Å². The van der Waals surface area contributed by atoms with Crippen molar-refractivity contribution >= 4 is 13.7 Å². The van der Waals surface area contributed by atoms with Crippen LogP contribution in [-0.2, 0) is 18.6 Å². The number of aromatic amines is 1. The number of phosphoric ester groups is 1. The molecule has 12 nitrogen and oxygen atoms in total. The van der Waals surface area contributed by atoms with Crippen molar-refractivity contribution in [3.63, 3.8) is 0 Å². The maximum Gasteiger partial charge on any atom is 0.471 e. The van der Waals surface area contributed by atoms with Gasteiger partial charge in [0, 0.05) is 12.3 Å². The van der Waals surface area contributed by atoms with Crippen LogP contribution in [0.15, 0.2) is 21.9 Å². The Morgan fingerprint density at radius 1 is 1.41 bits per heavy atom. The van der Waals surface area contributed by atoms with Gasteiger partial charge < -0.3 is 24.9 Å². The number of hydrogen-bond donors (Lipinski definition) is 5. The lowest BCUT2D eigenvalue weighted by Gasteiger charge is -2.23. The minimum atomic E-state index is -5.32. The number of nitrogens with one attached hydrogen (secondary N) is 2. The highest BCUT2D eigenvalue weighted by Gasteiger charge is 2.50. The molecule has 0 bridgehead atoms. The summed E-state index contributed by atoms with van der Waals surface area (Å²) in [7, 11) is -5.00. The zero-order chi connectivity index (χ0) is 20.6. The summed E-state index contributed by atoms with van der Waals surface area (Å²) in [6, 6.07) is -1.02. The van der Waals surface area contributed by atoms with Crippen molar-refractivity contribution in [1.29, 1.82) is 0 Å². The Kier molecular flexibility index (Phi) is 5.94. The van der Waals surface area contributed by atoms with Crippen molar-refractivity contribution in [3.8, 4) is 0 Å². The first kappa shape index (κ1) is 21.3. The Hall–Kier alpha value is -2.03. The number of ether oxygens (including phenoxy) is 1. The maximum absolute atomic E-state index is 12.5. The zero-order valence-corrected chi connectivity index (χ0v) is 13.9. The van der Waals surface area contributed by atoms with Gasteiger partial charge >= 0.3 is 25.6 Å². The molecule has 0 spiro atoms. The second-order valence-electron chi connectivity index (χ2n) is 5.36. The molecule has 1 fully saturated rings. The van der Waals surface area contributed by atoms with Gasteiger partial charge in [-0.15, -0.1) is 0 Å². The van der Waals surface area contributed by atoms with E-state index >= 15 is 0 Å². The lowest BCUT2D eigenvalue weighted by molar-refractivity contribution is -0.175. The number of H-pyrrole nitrogens is 1. The third-order valence-electron chi connectivity index (χ3n) is 3.46. The summed E-state index contributed by atoms with van der Waals surface area (Å²) in [5.74, 6) is -2.45. The lowest BCUT2D eigenvalue weighted by Crippen LogP contribution is -2.52. The van der Waals surface area contributed by atoms with Crippen LogP contribution in [0.5, 0.6) is 0 Å². The van der Waals surface area contributed by atoms with E-state index in [0.29, 0.717) is 4.57 Å². The predicted molar refractivity (Wildman–Crippen MR) is 77.2 cm³/mol. The number of amides is 1. The van der Waals surface area contributed by atoms with Crippen molar-refractivity contribution < 1.29 is 46.7 Å². The van der Waals surface area contributed by atoms with Crippen LogP contribution in [0.1, 0.15) is 6.23 Å². The normalized spacial score (nSPS) is 26.1. The molecule has 0 saturated carbocycles. The number of hydrogen-bond acceptors (Lipinski definition) is 7. The molecule has 5 N–H and O–H groups in total. The van der Waals surface area contributed by atoms with Crippen molar-refractivity contribution in [2.24, 2.45) is 0 Å². The summed E-state index contributed by atoms with van der Waals surface area (Å²) < 4.78 is 58.2. The van der Waals surface area contributed by atoms with Gasteiger partial charge in [-0.1, -0.05) is 0 Å². The number of carbonyl (C=O) groups is 1. The molecule has 0 aliphatic carbocycles. The molecule has 4 atom stereocenters. The molecular formula is C11H13F3N3O9P. The first-order valence-corrected chi connectivity index (χ1v) is 8.55. The number of alkyl halides is 3. The van der Waals surface area contributed by atoms with E-state index in [1.54, 1.807) is 4.98 Å². The average Bonchev–Trinajstić information content (AvgIpc) is 2.80. The molecule has 16 heteroatoms. The monoisotopic (exact) mass is 419 g/mol. The lowest BCUT2D eigenvalue weighted by atomic mass is 10.1. The second kappa shape index (κ2) is 7.53. The van der Waals surface area contributed by atoms with Gasteiger partial charge in [-0.2, -0.15) is 13.2 Å². The van der Waals surface area contributed by atoms with Crippen LogP contribution in [-0.4, -0.2) is 61.4 Å². The highest BCUT2D eigenvalue weighted by molar-refractivity contribution is 7.46. The fourth-order valence-electron chi connectivity index (χ4n) is 2.31. The Balaban J connectivity index is 2.34. The maximum atomic E-state index is 12.5. The van der Waals surface area contributed by atoms with Gasteiger partial charge in [0.2, 0.25) is 0 Å². The molecule has 1 aromatic heterocycles. The Labute approximate surface area is 146 Å². The molecule has 0 aromatic carbocycles. The molecule has 2 heterocycles. The van der Waals surface area contributed by atoms with Gasteiger partial charge in [0.05, 0.1) is 6.61 Å². The molecule has 152 valence electrons. The van der Waals surface area contributed by atoms with E-state index in [2.05, 4.69) is 4.52 Å². The van der Waals surface area contributed by atoms with Crippen molar-refractivity contribution in [2.75, 3.05) is 6.61 Å². The third-order valence-corrected chi connectivity index (χ3v) is 3.94. The van der Waals surface area contributed by atoms with Gasteiger partial charge in [-0.25, -0.2) is 9.36 Å². The van der Waals surface area contributed by atoms with E-state index in [9.17, 15) is 37.2 Å². The van der Waals surface area contributed by atoms with Crippen molar-refractivity contribution in [2.45, 2.75) is 30.7 Å². The predicted octanol–water partition coefficient (Wildman–Crippen LogP) is -2.05. The van der Waals surface area contributed by atoms with E-state index in [1.807, 2.05) is 0 Å². The molecule has 1 aromatic rings. The molecule has 1 saturated heterocycles. The smallest absolute Gasteiger partial charge is 0.388 e. The number of rotatable bonds is 5. The van der Waals surface area contributed by atoms with Crippen LogP contribution in [0.3, 0.4) is 0 Å². The molecule has 0 radical (unpaired) electrons. The molecule has 1 amide bonds. The minimum absolute atomic E-state index is 0.587. The number of aromatic nitrogens is 2. The summed E-state index contributed by atoms with van der Waals surface area (Å²) in [6.45, 7) is -0.960. The highest BCUT2D eigenvalue weighted by atomic mass is 31.2. The van der Waals surface area contributed by atoms with Gasteiger partial charge in [0.15, 0.2) is 6.23 Å². The SMILES string of the molecule is O=C(N[C@@H]1[C@H](O)[C@@H](COP(=O)(O)O)O[C@H]1n1ccc(=O)[nH]c1=O)C(F)(F)F. The summed E-state index contributed by atoms with van der Waals surface area (Å²) in [5, 5.41) is 11.6. The van der Waals surface area contributed by atoms with E-state index in [-0.39, 0.29) is 0 Å². The van der Waals surface area contributed by atoms with Crippen LogP contribution in [0, 0.1) is 0 Å². The van der Waals surface area contributed by atoms with Gasteiger partial charge in [0.1, 0.15) is 18.2 Å². The Bertz CT molecular complexity index is 863. The first-order chi connectivity index (χ1) is 12.3. The fourth-order valence-corrected chi connectivity index (χ4v) is 2.65. The standard InChI is InChI=1S/C11H13F3N3O9P/c12-11(13,14)9(20)16-6-7(19)4(3-25-27(22,23)24)26-8(6)17-2-1-5(18)15-10(17)21/h1-2,4,6-8,19H,3H2,(H,16,20)(H,15,18,21)(H2,22,23,24)/t4-,6-,7-,8-/m1/s1. The number of phosphoric acid groups is 1. The Morgan fingerprint density at radius 2 is 2.04 bits per heavy atom. The minimum Gasteiger partial charge on any atom is -0.388 e. The quantitative estimate of drug-likeness (QED) is 0.336. The number of nitrogens with zero attached hydrogens (tertiary/aromatic N) is 1. The number of aliphatic hydroxyl groups excluding tert-OH is 1. The molecule has 1 aliphatic rings. The number of halogens is 3. The van der Waals surface area contributed by atoms with Crippen LogP contribution in [0.25, 0.3) is 0 Å². The number of carbonyl (C=O) groups excluding carboxylic acids is 1. The largest absolute Gasteiger partial charge is 0.471 e. The van der Waals surface area contributed by atoms with Crippen LogP contribution >= 0.6 is 7.82 Å². The molecule has 27 heavy (non-hydrogen) atoms.